The second kappa shape index (κ2) is 14.4. The standard InChI is InChI=1S/C37H41BrClN7O2/c1-24-20-44(23-41-24)21-25-6-5-9-31(16-25)42-36(47)33-22-45(14-15-46(33)37(48)43-30-7-3-2-4-8-30)35-32-13-12-29(39)18-26(32)10-11-27-17-28(38)19-40-34(27)35/h5-6,9,12-13,16-20,23,30,33,35H,2-4,7-8,10-11,14-15,21-22H2,1H3,(H,42,47)(H,43,48)/t33?,35-/m1/s1. The number of aromatic nitrogens is 3. The molecule has 2 aliphatic carbocycles. The Kier molecular flexibility index (Phi) is 9.84. The van der Waals surface area contributed by atoms with Crippen LogP contribution in [0.15, 0.2) is 71.7 Å². The second-order valence-electron chi connectivity index (χ2n) is 13.3. The number of pyridine rings is 1. The van der Waals surface area contributed by atoms with E-state index < -0.39 is 6.04 Å². The highest BCUT2D eigenvalue weighted by molar-refractivity contribution is 9.10. The molecule has 4 aromatic rings. The van der Waals surface area contributed by atoms with Gasteiger partial charge in [0, 0.05) is 59.8 Å². The van der Waals surface area contributed by atoms with E-state index in [0.29, 0.717) is 36.9 Å². The molecule has 3 aliphatic rings. The molecule has 1 aliphatic heterocycles. The fourth-order valence-corrected chi connectivity index (χ4v) is 8.11. The number of hydrogen-bond donors (Lipinski definition) is 2. The van der Waals surface area contributed by atoms with Crippen molar-refractivity contribution >= 4 is 45.2 Å². The molecule has 250 valence electrons. The predicted molar refractivity (Wildman–Crippen MR) is 191 cm³/mol. The van der Waals surface area contributed by atoms with Gasteiger partial charge in [-0.05, 0) is 101 Å². The maximum atomic E-state index is 14.3. The summed E-state index contributed by atoms with van der Waals surface area (Å²) in [6.07, 6.45) is 12.7. The molecule has 2 aromatic heterocycles. The number of fused-ring (bicyclic) bond motifs is 2. The van der Waals surface area contributed by atoms with E-state index in [1.54, 1.807) is 4.90 Å². The van der Waals surface area contributed by atoms with Gasteiger partial charge in [-0.3, -0.25) is 14.7 Å². The molecule has 1 unspecified atom stereocenters. The van der Waals surface area contributed by atoms with Crippen molar-refractivity contribution in [2.75, 3.05) is 25.0 Å². The Morgan fingerprint density at radius 1 is 1.00 bits per heavy atom. The first-order valence-electron chi connectivity index (χ1n) is 16.9. The number of amides is 3. The highest BCUT2D eigenvalue weighted by Crippen LogP contribution is 2.38. The van der Waals surface area contributed by atoms with Gasteiger partial charge in [0.05, 0.1) is 23.8 Å². The molecule has 2 N–H and O–H groups in total. The lowest BCUT2D eigenvalue weighted by molar-refractivity contribution is -0.122. The van der Waals surface area contributed by atoms with E-state index in [9.17, 15) is 9.59 Å². The van der Waals surface area contributed by atoms with Crippen LogP contribution in [0, 0.1) is 6.92 Å². The van der Waals surface area contributed by atoms with Gasteiger partial charge < -0.3 is 20.1 Å². The highest BCUT2D eigenvalue weighted by Gasteiger charge is 2.41. The monoisotopic (exact) mass is 729 g/mol. The predicted octanol–water partition coefficient (Wildman–Crippen LogP) is 6.91. The van der Waals surface area contributed by atoms with Crippen molar-refractivity contribution in [3.8, 4) is 0 Å². The molecule has 11 heteroatoms. The van der Waals surface area contributed by atoms with Crippen molar-refractivity contribution in [1.82, 2.24) is 29.7 Å². The fourth-order valence-electron chi connectivity index (χ4n) is 7.53. The van der Waals surface area contributed by atoms with Crippen LogP contribution in [0.1, 0.15) is 71.8 Å². The third-order valence-corrected chi connectivity index (χ3v) is 10.6. The van der Waals surface area contributed by atoms with Crippen LogP contribution >= 0.6 is 27.5 Å². The van der Waals surface area contributed by atoms with E-state index in [4.69, 9.17) is 16.6 Å². The number of hydrogen-bond acceptors (Lipinski definition) is 5. The SMILES string of the molecule is Cc1cn(Cc2cccc(NC(=O)C3CN([C@@H]4c5ccc(Cl)cc5CCc5cc(Br)cnc54)CCN3C(=O)NC3CCCCC3)c2)cn1. The first-order chi connectivity index (χ1) is 23.3. The molecule has 7 rings (SSSR count). The van der Waals surface area contributed by atoms with Crippen molar-refractivity contribution < 1.29 is 9.59 Å². The average Bonchev–Trinajstić information content (AvgIpc) is 3.42. The minimum absolute atomic E-state index is 0.143. The van der Waals surface area contributed by atoms with Crippen molar-refractivity contribution in [3.05, 3.63) is 110 Å². The molecule has 1 saturated heterocycles. The van der Waals surface area contributed by atoms with Crippen LogP contribution in [0.5, 0.6) is 0 Å². The Hall–Kier alpha value is -3.73. The maximum Gasteiger partial charge on any atom is 0.318 e. The van der Waals surface area contributed by atoms with E-state index in [1.165, 1.54) is 17.5 Å². The van der Waals surface area contributed by atoms with Crippen LogP contribution in [0.2, 0.25) is 5.02 Å². The van der Waals surface area contributed by atoms with Crippen molar-refractivity contribution in [1.29, 1.82) is 0 Å². The van der Waals surface area contributed by atoms with Gasteiger partial charge in [0.15, 0.2) is 0 Å². The summed E-state index contributed by atoms with van der Waals surface area (Å²) >= 11 is 10.1. The van der Waals surface area contributed by atoms with Crippen molar-refractivity contribution in [2.45, 2.75) is 76.5 Å². The van der Waals surface area contributed by atoms with Gasteiger partial charge >= 0.3 is 6.03 Å². The maximum absolute atomic E-state index is 14.3. The minimum atomic E-state index is -0.708. The van der Waals surface area contributed by atoms with Crippen molar-refractivity contribution in [2.24, 2.45) is 0 Å². The lowest BCUT2D eigenvalue weighted by atomic mass is 9.94. The normalized spacial score (nSPS) is 20.0. The number of benzene rings is 2. The van der Waals surface area contributed by atoms with Crippen LogP contribution in [0.25, 0.3) is 0 Å². The third-order valence-electron chi connectivity index (χ3n) is 9.89. The zero-order valence-corrected chi connectivity index (χ0v) is 29.5. The summed E-state index contributed by atoms with van der Waals surface area (Å²) in [5, 5.41) is 7.15. The molecule has 9 nitrogen and oxygen atoms in total. The summed E-state index contributed by atoms with van der Waals surface area (Å²) in [5.74, 6) is -0.206. The van der Waals surface area contributed by atoms with Gasteiger partial charge in [-0.25, -0.2) is 9.78 Å². The number of urea groups is 1. The number of nitrogens with one attached hydrogen (secondary N) is 2. The van der Waals surface area contributed by atoms with E-state index in [-0.39, 0.29) is 24.0 Å². The first kappa shape index (κ1) is 32.8. The van der Waals surface area contributed by atoms with Crippen LogP contribution in [0.4, 0.5) is 10.5 Å². The Morgan fingerprint density at radius 2 is 1.83 bits per heavy atom. The Morgan fingerprint density at radius 3 is 2.65 bits per heavy atom. The average molecular weight is 731 g/mol. The molecule has 2 aromatic carbocycles. The number of nitrogens with zero attached hydrogens (tertiary/aromatic N) is 5. The minimum Gasteiger partial charge on any atom is -0.335 e. The topological polar surface area (TPSA) is 95.4 Å². The number of anilines is 1. The van der Waals surface area contributed by atoms with E-state index in [1.807, 2.05) is 60.5 Å². The molecule has 2 fully saturated rings. The molecule has 0 spiro atoms. The van der Waals surface area contributed by atoms with Gasteiger partial charge in [0.25, 0.3) is 0 Å². The number of imidazole rings is 1. The summed E-state index contributed by atoms with van der Waals surface area (Å²) in [7, 11) is 0. The van der Waals surface area contributed by atoms with Crippen LogP contribution in [-0.2, 0) is 24.2 Å². The Bertz CT molecular complexity index is 1750. The summed E-state index contributed by atoms with van der Waals surface area (Å²) in [6, 6.07) is 15.2. The molecular weight excluding hydrogens is 690 g/mol. The smallest absolute Gasteiger partial charge is 0.318 e. The number of halogens is 2. The van der Waals surface area contributed by atoms with Gasteiger partial charge in [0.1, 0.15) is 6.04 Å². The van der Waals surface area contributed by atoms with Gasteiger partial charge in [0.2, 0.25) is 5.91 Å². The van der Waals surface area contributed by atoms with Gasteiger partial charge in [-0.2, -0.15) is 0 Å². The van der Waals surface area contributed by atoms with Crippen LogP contribution in [-0.4, -0.2) is 68.0 Å². The zero-order valence-electron chi connectivity index (χ0n) is 27.2. The highest BCUT2D eigenvalue weighted by atomic mass is 79.9. The molecule has 2 atom stereocenters. The van der Waals surface area contributed by atoms with Gasteiger partial charge in [-0.1, -0.05) is 49.1 Å². The largest absolute Gasteiger partial charge is 0.335 e. The van der Waals surface area contributed by atoms with E-state index >= 15 is 0 Å². The van der Waals surface area contributed by atoms with Crippen molar-refractivity contribution in [3.63, 3.8) is 0 Å². The van der Waals surface area contributed by atoms with E-state index in [0.717, 1.165) is 65.5 Å². The zero-order chi connectivity index (χ0) is 33.2. The molecule has 1 saturated carbocycles. The number of rotatable bonds is 6. The summed E-state index contributed by atoms with van der Waals surface area (Å²) in [4.78, 5) is 41.5. The van der Waals surface area contributed by atoms with Crippen LogP contribution in [0.3, 0.4) is 0 Å². The van der Waals surface area contributed by atoms with E-state index in [2.05, 4.69) is 54.6 Å². The number of carbonyl (C=O) groups is 2. The number of aryl methyl sites for hydroxylation is 3. The lowest BCUT2D eigenvalue weighted by Gasteiger charge is -2.44. The van der Waals surface area contributed by atoms with Gasteiger partial charge in [-0.15, -0.1) is 0 Å². The lowest BCUT2D eigenvalue weighted by Crippen LogP contribution is -2.62. The quantitative estimate of drug-likeness (QED) is 0.225. The molecule has 3 amide bonds. The third kappa shape index (κ3) is 7.31. The molecule has 0 bridgehead atoms. The molecular formula is C37H41BrClN7O2. The number of carbonyl (C=O) groups excluding carboxylic acids is 2. The summed E-state index contributed by atoms with van der Waals surface area (Å²) in [6.45, 7) is 3.99. The number of piperazine rings is 1. The molecule has 3 heterocycles. The second-order valence-corrected chi connectivity index (χ2v) is 14.7. The summed E-state index contributed by atoms with van der Waals surface area (Å²) < 4.78 is 2.96. The summed E-state index contributed by atoms with van der Waals surface area (Å²) in [5.41, 5.74) is 7.19. The molecule has 48 heavy (non-hydrogen) atoms. The first-order valence-corrected chi connectivity index (χ1v) is 18.1. The molecule has 0 radical (unpaired) electrons. The Balaban J connectivity index is 1.19. The Labute approximate surface area is 295 Å². The fraction of sp³-hybridized carbons (Fsp3) is 0.405. The van der Waals surface area contributed by atoms with Crippen LogP contribution < -0.4 is 10.6 Å².